The Morgan fingerprint density at radius 3 is 2.65 bits per heavy atom. The average molecular weight is 368 g/mol. The smallest absolute Gasteiger partial charge is 0.337 e. The number of hydrogen-bond acceptors (Lipinski definition) is 5. The molecule has 26 heavy (non-hydrogen) atoms. The average Bonchev–Trinajstić information content (AvgIpc) is 2.67. The second kappa shape index (κ2) is 8.19. The van der Waals surface area contributed by atoms with E-state index in [1.54, 1.807) is 22.8 Å². The molecule has 0 unspecified atom stereocenters. The Morgan fingerprint density at radius 1 is 1.19 bits per heavy atom. The van der Waals surface area contributed by atoms with E-state index in [0.29, 0.717) is 28.2 Å². The number of aryl methyl sites for hydroxylation is 1. The summed E-state index contributed by atoms with van der Waals surface area (Å²) < 4.78 is 6.47. The molecule has 0 N–H and O–H groups in total. The number of carbonyl (C=O) groups excluding carboxylic acids is 1. The highest BCUT2D eigenvalue weighted by Crippen LogP contribution is 2.19. The van der Waals surface area contributed by atoms with Crippen molar-refractivity contribution in [3.05, 3.63) is 70.0 Å². The number of nitrogens with zero attached hydrogens (tertiary/aromatic N) is 2. The van der Waals surface area contributed by atoms with E-state index < -0.39 is 5.97 Å². The summed E-state index contributed by atoms with van der Waals surface area (Å²) in [6.45, 7) is 2.58. The summed E-state index contributed by atoms with van der Waals surface area (Å²) in [5.74, 6) is 0.367. The molecule has 2 aromatic carbocycles. The third kappa shape index (κ3) is 3.80. The largest absolute Gasteiger partial charge is 0.465 e. The van der Waals surface area contributed by atoms with Crippen molar-refractivity contribution in [1.29, 1.82) is 0 Å². The number of aromatic nitrogens is 2. The van der Waals surface area contributed by atoms with Gasteiger partial charge in [0.15, 0.2) is 5.16 Å². The van der Waals surface area contributed by atoms with E-state index in [-0.39, 0.29) is 5.56 Å². The molecule has 5 nitrogen and oxygen atoms in total. The second-order valence-corrected chi connectivity index (χ2v) is 6.97. The van der Waals surface area contributed by atoms with E-state index in [9.17, 15) is 9.59 Å². The van der Waals surface area contributed by atoms with Gasteiger partial charge < -0.3 is 4.74 Å². The Kier molecular flexibility index (Phi) is 5.73. The van der Waals surface area contributed by atoms with Crippen LogP contribution in [0.2, 0.25) is 0 Å². The minimum absolute atomic E-state index is 0.0849. The molecule has 1 heterocycles. The van der Waals surface area contributed by atoms with Crippen molar-refractivity contribution in [2.45, 2.75) is 25.0 Å². The van der Waals surface area contributed by atoms with Crippen molar-refractivity contribution >= 4 is 28.6 Å². The number of methoxy groups -OCH3 is 1. The summed E-state index contributed by atoms with van der Waals surface area (Å²) in [5.41, 5.74) is 2.00. The van der Waals surface area contributed by atoms with Gasteiger partial charge in [-0.25, -0.2) is 9.78 Å². The molecule has 0 aliphatic rings. The lowest BCUT2D eigenvalue weighted by Gasteiger charge is -2.13. The van der Waals surface area contributed by atoms with Crippen LogP contribution in [0.4, 0.5) is 0 Å². The SMILES string of the molecule is CCSc1nc2cc(C(=O)OC)ccc2c(=O)n1CCc1ccccc1. The van der Waals surface area contributed by atoms with Gasteiger partial charge in [0.05, 0.1) is 23.6 Å². The molecule has 3 rings (SSSR count). The number of rotatable bonds is 6. The van der Waals surface area contributed by atoms with Gasteiger partial charge in [-0.2, -0.15) is 0 Å². The van der Waals surface area contributed by atoms with Crippen LogP contribution in [0.5, 0.6) is 0 Å². The van der Waals surface area contributed by atoms with E-state index in [4.69, 9.17) is 4.74 Å². The first kappa shape index (κ1) is 18.2. The normalized spacial score (nSPS) is 10.8. The van der Waals surface area contributed by atoms with Crippen LogP contribution in [0.25, 0.3) is 10.9 Å². The molecule has 0 amide bonds. The quantitative estimate of drug-likeness (QED) is 0.378. The summed E-state index contributed by atoms with van der Waals surface area (Å²) in [6, 6.07) is 14.9. The van der Waals surface area contributed by atoms with E-state index >= 15 is 0 Å². The molecule has 0 bridgehead atoms. The van der Waals surface area contributed by atoms with Gasteiger partial charge in [0.1, 0.15) is 0 Å². The van der Waals surface area contributed by atoms with Crippen molar-refractivity contribution in [2.75, 3.05) is 12.9 Å². The van der Waals surface area contributed by atoms with Crippen molar-refractivity contribution in [2.24, 2.45) is 0 Å². The molecule has 3 aromatic rings. The zero-order valence-electron chi connectivity index (χ0n) is 14.8. The van der Waals surface area contributed by atoms with Crippen LogP contribution in [0.15, 0.2) is 58.5 Å². The number of thioether (sulfide) groups is 1. The molecule has 0 saturated carbocycles. The number of carbonyl (C=O) groups is 1. The molecule has 0 saturated heterocycles. The third-order valence-electron chi connectivity index (χ3n) is 4.08. The summed E-state index contributed by atoms with van der Waals surface area (Å²) in [4.78, 5) is 29.4. The molecule has 0 aliphatic heterocycles. The molecule has 0 atom stereocenters. The summed E-state index contributed by atoms with van der Waals surface area (Å²) >= 11 is 1.52. The number of fused-ring (bicyclic) bond motifs is 1. The Morgan fingerprint density at radius 2 is 1.96 bits per heavy atom. The molecule has 1 aromatic heterocycles. The summed E-state index contributed by atoms with van der Waals surface area (Å²) in [7, 11) is 1.33. The maximum absolute atomic E-state index is 13.0. The predicted molar refractivity (Wildman–Crippen MR) is 104 cm³/mol. The Balaban J connectivity index is 2.03. The second-order valence-electron chi connectivity index (χ2n) is 5.74. The van der Waals surface area contributed by atoms with E-state index in [1.807, 2.05) is 25.1 Å². The topological polar surface area (TPSA) is 61.2 Å². The first-order chi connectivity index (χ1) is 12.6. The molecular weight excluding hydrogens is 348 g/mol. The minimum atomic E-state index is -0.438. The van der Waals surface area contributed by atoms with Gasteiger partial charge in [-0.3, -0.25) is 9.36 Å². The lowest BCUT2D eigenvalue weighted by atomic mass is 10.1. The first-order valence-electron chi connectivity index (χ1n) is 8.43. The van der Waals surface area contributed by atoms with Crippen LogP contribution in [0, 0.1) is 0 Å². The van der Waals surface area contributed by atoms with Gasteiger partial charge in [0.2, 0.25) is 0 Å². The van der Waals surface area contributed by atoms with Gasteiger partial charge in [0.25, 0.3) is 5.56 Å². The van der Waals surface area contributed by atoms with Crippen molar-refractivity contribution in [1.82, 2.24) is 9.55 Å². The van der Waals surface area contributed by atoms with Gasteiger partial charge in [0, 0.05) is 6.54 Å². The highest BCUT2D eigenvalue weighted by molar-refractivity contribution is 7.99. The minimum Gasteiger partial charge on any atom is -0.465 e. The van der Waals surface area contributed by atoms with Crippen molar-refractivity contribution in [3.8, 4) is 0 Å². The number of esters is 1. The monoisotopic (exact) mass is 368 g/mol. The van der Waals surface area contributed by atoms with Gasteiger partial charge >= 0.3 is 5.97 Å². The zero-order chi connectivity index (χ0) is 18.5. The third-order valence-corrected chi connectivity index (χ3v) is 4.94. The number of ether oxygens (including phenoxy) is 1. The summed E-state index contributed by atoms with van der Waals surface area (Å²) in [6.07, 6.45) is 0.755. The fourth-order valence-electron chi connectivity index (χ4n) is 2.77. The van der Waals surface area contributed by atoms with Crippen LogP contribution in [0.3, 0.4) is 0 Å². The molecule has 0 spiro atoms. The maximum Gasteiger partial charge on any atom is 0.337 e. The molecule has 134 valence electrons. The molecule has 0 aliphatic carbocycles. The first-order valence-corrected chi connectivity index (χ1v) is 9.42. The molecular formula is C20H20N2O3S. The Labute approximate surface area is 156 Å². The highest BCUT2D eigenvalue weighted by Gasteiger charge is 2.14. The number of hydrogen-bond donors (Lipinski definition) is 0. The van der Waals surface area contributed by atoms with Crippen LogP contribution in [-0.2, 0) is 17.7 Å². The van der Waals surface area contributed by atoms with Gasteiger partial charge in [-0.05, 0) is 35.9 Å². The van der Waals surface area contributed by atoms with Crippen molar-refractivity contribution < 1.29 is 9.53 Å². The van der Waals surface area contributed by atoms with Crippen LogP contribution >= 0.6 is 11.8 Å². The summed E-state index contributed by atoms with van der Waals surface area (Å²) in [5, 5.41) is 1.18. The fourth-order valence-corrected chi connectivity index (χ4v) is 3.52. The van der Waals surface area contributed by atoms with Crippen LogP contribution in [-0.4, -0.2) is 28.4 Å². The zero-order valence-corrected chi connectivity index (χ0v) is 15.6. The molecule has 6 heteroatoms. The Bertz CT molecular complexity index is 984. The predicted octanol–water partition coefficient (Wildman–Crippen LogP) is 3.54. The fraction of sp³-hybridized carbons (Fsp3) is 0.250. The van der Waals surface area contributed by atoms with E-state index in [1.165, 1.54) is 24.4 Å². The lowest BCUT2D eigenvalue weighted by molar-refractivity contribution is 0.0601. The van der Waals surface area contributed by atoms with E-state index in [0.717, 1.165) is 12.2 Å². The lowest BCUT2D eigenvalue weighted by Crippen LogP contribution is -2.24. The van der Waals surface area contributed by atoms with Gasteiger partial charge in [-0.15, -0.1) is 0 Å². The molecule has 0 fully saturated rings. The van der Waals surface area contributed by atoms with E-state index in [2.05, 4.69) is 17.1 Å². The van der Waals surface area contributed by atoms with Crippen LogP contribution < -0.4 is 5.56 Å². The standard InChI is InChI=1S/C20H20N2O3S/c1-3-26-20-21-17-13-15(19(24)25-2)9-10-16(17)18(23)22(20)12-11-14-7-5-4-6-8-14/h4-10,13H,3,11-12H2,1-2H3. The van der Waals surface area contributed by atoms with Crippen molar-refractivity contribution in [3.63, 3.8) is 0 Å². The number of benzene rings is 2. The maximum atomic E-state index is 13.0. The van der Waals surface area contributed by atoms with Crippen LogP contribution in [0.1, 0.15) is 22.8 Å². The Hall–Kier alpha value is -2.60. The highest BCUT2D eigenvalue weighted by atomic mass is 32.2. The van der Waals surface area contributed by atoms with Gasteiger partial charge in [-0.1, -0.05) is 49.0 Å². The molecule has 0 radical (unpaired) electrons.